The second kappa shape index (κ2) is 7.31. The van der Waals surface area contributed by atoms with E-state index in [2.05, 4.69) is 58.3 Å². The Hall–Kier alpha value is -2.44. The normalized spacial score (nSPS) is 25.9. The Balaban J connectivity index is 1.32. The maximum absolute atomic E-state index is 5.08. The first-order valence-electron chi connectivity index (χ1n) is 11.8. The second-order valence-corrected chi connectivity index (χ2v) is 9.76. The van der Waals surface area contributed by atoms with Gasteiger partial charge in [0.25, 0.3) is 0 Å². The first kappa shape index (κ1) is 19.3. The molecule has 3 fully saturated rings. The molecule has 2 saturated heterocycles. The number of pyridine rings is 1. The Morgan fingerprint density at radius 1 is 1.10 bits per heavy atom. The van der Waals surface area contributed by atoms with E-state index in [9.17, 15) is 0 Å². The number of aryl methyl sites for hydroxylation is 1. The van der Waals surface area contributed by atoms with E-state index in [0.29, 0.717) is 17.6 Å². The summed E-state index contributed by atoms with van der Waals surface area (Å²) < 4.78 is 0. The smallest absolute Gasteiger partial charge is 0.124 e. The van der Waals surface area contributed by atoms with Gasteiger partial charge >= 0.3 is 0 Å². The van der Waals surface area contributed by atoms with Gasteiger partial charge in [-0.15, -0.1) is 0 Å². The van der Waals surface area contributed by atoms with E-state index in [1.807, 2.05) is 12.3 Å². The van der Waals surface area contributed by atoms with Gasteiger partial charge < -0.3 is 15.2 Å². The molecule has 4 heterocycles. The van der Waals surface area contributed by atoms with E-state index in [4.69, 9.17) is 9.97 Å². The molecule has 1 aromatic carbocycles. The summed E-state index contributed by atoms with van der Waals surface area (Å²) in [6.07, 6.45) is 8.00. The zero-order valence-corrected chi connectivity index (χ0v) is 18.6. The van der Waals surface area contributed by atoms with Crippen LogP contribution in [0, 0.1) is 6.92 Å². The molecule has 2 atom stereocenters. The third-order valence-corrected chi connectivity index (χ3v) is 7.70. The van der Waals surface area contributed by atoms with Gasteiger partial charge in [-0.3, -0.25) is 9.88 Å². The molecular formula is C25H32N6. The Bertz CT molecular complexity index is 1100. The van der Waals surface area contributed by atoms with Crippen molar-refractivity contribution in [2.45, 2.75) is 56.7 Å². The van der Waals surface area contributed by atoms with Gasteiger partial charge in [-0.1, -0.05) is 12.1 Å². The van der Waals surface area contributed by atoms with Gasteiger partial charge in [0.05, 0.1) is 34.5 Å². The maximum Gasteiger partial charge on any atom is 0.124 e. The first-order valence-corrected chi connectivity index (χ1v) is 11.8. The molecule has 6 heteroatoms. The quantitative estimate of drug-likeness (QED) is 0.673. The molecule has 31 heavy (non-hydrogen) atoms. The molecule has 2 aliphatic heterocycles. The van der Waals surface area contributed by atoms with Crippen molar-refractivity contribution in [3.8, 4) is 0 Å². The molecule has 0 unspecified atom stereocenters. The van der Waals surface area contributed by atoms with Gasteiger partial charge in [-0.25, -0.2) is 4.98 Å². The summed E-state index contributed by atoms with van der Waals surface area (Å²) in [4.78, 5) is 18.6. The monoisotopic (exact) mass is 416 g/mol. The number of benzene rings is 1. The number of rotatable bonds is 3. The fourth-order valence-corrected chi connectivity index (χ4v) is 5.74. The van der Waals surface area contributed by atoms with Crippen LogP contribution in [0.5, 0.6) is 0 Å². The van der Waals surface area contributed by atoms with E-state index < -0.39 is 0 Å². The molecule has 2 N–H and O–H groups in total. The van der Waals surface area contributed by atoms with Crippen LogP contribution in [0.2, 0.25) is 0 Å². The number of nitrogens with zero attached hydrogens (tertiary/aromatic N) is 4. The highest BCUT2D eigenvalue weighted by Gasteiger charge is 2.45. The largest absolute Gasteiger partial charge is 0.367 e. The summed E-state index contributed by atoms with van der Waals surface area (Å²) in [6.45, 7) is 5.39. The molecule has 3 aliphatic rings. The molecule has 0 amide bonds. The third-order valence-electron chi connectivity index (χ3n) is 7.70. The Morgan fingerprint density at radius 2 is 1.97 bits per heavy atom. The molecule has 162 valence electrons. The molecule has 0 bridgehead atoms. The second-order valence-electron chi connectivity index (χ2n) is 9.76. The molecule has 3 aromatic rings. The van der Waals surface area contributed by atoms with Crippen LogP contribution in [0.3, 0.4) is 0 Å². The fourth-order valence-electron chi connectivity index (χ4n) is 5.74. The Kier molecular flexibility index (Phi) is 4.54. The van der Waals surface area contributed by atoms with Crippen molar-refractivity contribution >= 4 is 16.7 Å². The minimum absolute atomic E-state index is 0.290. The Labute approximate surface area is 184 Å². The average Bonchev–Trinajstić information content (AvgIpc) is 3.37. The number of hydrogen-bond acceptors (Lipinski definition) is 5. The fraction of sp³-hybridized carbons (Fsp3) is 0.520. The van der Waals surface area contributed by atoms with Crippen molar-refractivity contribution in [2.75, 3.05) is 31.6 Å². The van der Waals surface area contributed by atoms with Gasteiger partial charge in [-0.2, -0.15) is 0 Å². The van der Waals surface area contributed by atoms with Gasteiger partial charge in [0.2, 0.25) is 0 Å². The number of anilines is 1. The highest BCUT2D eigenvalue weighted by Crippen LogP contribution is 2.42. The summed E-state index contributed by atoms with van der Waals surface area (Å²) in [5, 5.41) is 3.72. The maximum atomic E-state index is 5.08. The van der Waals surface area contributed by atoms with Crippen molar-refractivity contribution in [1.29, 1.82) is 0 Å². The molecule has 0 radical (unpaired) electrons. The van der Waals surface area contributed by atoms with Crippen LogP contribution in [0.4, 0.5) is 5.69 Å². The van der Waals surface area contributed by atoms with E-state index in [-0.39, 0.29) is 0 Å². The molecule has 1 saturated carbocycles. The van der Waals surface area contributed by atoms with Crippen molar-refractivity contribution in [2.24, 2.45) is 0 Å². The van der Waals surface area contributed by atoms with E-state index in [1.165, 1.54) is 41.7 Å². The van der Waals surface area contributed by atoms with Crippen LogP contribution < -0.4 is 10.2 Å². The number of piperidine rings is 1. The van der Waals surface area contributed by atoms with Gasteiger partial charge in [-0.05, 0) is 69.8 Å². The van der Waals surface area contributed by atoms with Gasteiger partial charge in [0.1, 0.15) is 5.82 Å². The van der Waals surface area contributed by atoms with Crippen LogP contribution in [0.15, 0.2) is 36.5 Å². The van der Waals surface area contributed by atoms with Gasteiger partial charge in [0, 0.05) is 31.4 Å². The standard InChI is InChI=1S/C25H32N6/c1-17-6-5-13-26-22(17)19-8-4-10-21(30(19)2)24-28-18-7-3-9-20(23(18)29-24)31-15-14-27-25(16-31)11-12-25/h3,5-7,9,13,19,21,27H,4,8,10-12,14-16H2,1-2H3,(H,28,29)/t19-,21+/m0/s1. The van der Waals surface area contributed by atoms with E-state index >= 15 is 0 Å². The number of nitrogens with one attached hydrogen (secondary N) is 2. The average molecular weight is 417 g/mol. The lowest BCUT2D eigenvalue weighted by Crippen LogP contribution is -2.52. The van der Waals surface area contributed by atoms with Crippen LogP contribution >= 0.6 is 0 Å². The van der Waals surface area contributed by atoms with Crippen LogP contribution in [0.1, 0.15) is 61.3 Å². The van der Waals surface area contributed by atoms with E-state index in [1.54, 1.807) is 0 Å². The summed E-state index contributed by atoms with van der Waals surface area (Å²) >= 11 is 0. The number of piperazine rings is 1. The topological polar surface area (TPSA) is 60.1 Å². The van der Waals surface area contributed by atoms with Crippen LogP contribution in [0.25, 0.3) is 11.0 Å². The van der Waals surface area contributed by atoms with Crippen molar-refractivity contribution in [3.05, 3.63) is 53.6 Å². The predicted octanol–water partition coefficient (Wildman–Crippen LogP) is 4.11. The number of aromatic amines is 1. The minimum Gasteiger partial charge on any atom is -0.367 e. The summed E-state index contributed by atoms with van der Waals surface area (Å²) in [7, 11) is 2.24. The minimum atomic E-state index is 0.290. The zero-order chi connectivity index (χ0) is 21.0. The highest BCUT2D eigenvalue weighted by atomic mass is 15.3. The molecule has 6 rings (SSSR count). The number of hydrogen-bond donors (Lipinski definition) is 2. The first-order chi connectivity index (χ1) is 15.1. The van der Waals surface area contributed by atoms with Crippen molar-refractivity contribution in [1.82, 2.24) is 25.2 Å². The lowest BCUT2D eigenvalue weighted by Gasteiger charge is -2.38. The Morgan fingerprint density at radius 3 is 2.81 bits per heavy atom. The molecule has 1 spiro atoms. The number of H-pyrrole nitrogens is 1. The zero-order valence-electron chi connectivity index (χ0n) is 18.6. The number of aromatic nitrogens is 3. The van der Waals surface area contributed by atoms with Crippen molar-refractivity contribution in [3.63, 3.8) is 0 Å². The summed E-state index contributed by atoms with van der Waals surface area (Å²) in [5.74, 6) is 1.10. The predicted molar refractivity (Wildman–Crippen MR) is 124 cm³/mol. The number of likely N-dealkylation sites (tertiary alicyclic amines) is 1. The number of imidazole rings is 1. The summed E-state index contributed by atoms with van der Waals surface area (Å²) in [6, 6.07) is 11.4. The lowest BCUT2D eigenvalue weighted by molar-refractivity contribution is 0.107. The SMILES string of the molecule is Cc1cccnc1[C@@H]1CCC[C@H](c2nc3cccc(N4CCNC5(CC5)C4)c3[nH]2)N1C. The van der Waals surface area contributed by atoms with Crippen LogP contribution in [-0.4, -0.2) is 52.1 Å². The molecule has 6 nitrogen and oxygen atoms in total. The van der Waals surface area contributed by atoms with E-state index in [0.717, 1.165) is 43.8 Å². The lowest BCUT2D eigenvalue weighted by atomic mass is 9.92. The number of fused-ring (bicyclic) bond motifs is 1. The summed E-state index contributed by atoms with van der Waals surface area (Å²) in [5.41, 5.74) is 6.43. The number of para-hydroxylation sites is 1. The van der Waals surface area contributed by atoms with Crippen LogP contribution in [-0.2, 0) is 0 Å². The molecular weight excluding hydrogens is 384 g/mol. The third kappa shape index (κ3) is 3.33. The highest BCUT2D eigenvalue weighted by molar-refractivity contribution is 5.89. The molecule has 2 aromatic heterocycles. The molecule has 1 aliphatic carbocycles. The van der Waals surface area contributed by atoms with Crippen molar-refractivity contribution < 1.29 is 0 Å². The van der Waals surface area contributed by atoms with Gasteiger partial charge in [0.15, 0.2) is 0 Å².